The molecule has 1 heterocycles. The number of carboxylic acid groups (broad SMARTS) is 1. The Morgan fingerprint density at radius 1 is 1.29 bits per heavy atom. The van der Waals surface area contributed by atoms with Crippen molar-refractivity contribution in [2.45, 2.75) is 51.0 Å². The molecular formula is C17H20N2O2. The summed E-state index contributed by atoms with van der Waals surface area (Å²) in [5.74, 6) is 1.71. The first-order valence-electron chi connectivity index (χ1n) is 7.96. The van der Waals surface area contributed by atoms with Crippen molar-refractivity contribution in [1.29, 1.82) is 0 Å². The third-order valence-corrected chi connectivity index (χ3v) is 4.66. The molecule has 0 aliphatic heterocycles. The minimum atomic E-state index is -0.855. The molecule has 0 saturated heterocycles. The maximum Gasteiger partial charge on any atom is 0.337 e. The van der Waals surface area contributed by atoms with Gasteiger partial charge in [-0.25, -0.2) is 9.78 Å². The first-order chi connectivity index (χ1) is 10.2. The minimum absolute atomic E-state index is 0.387. The second-order valence-corrected chi connectivity index (χ2v) is 6.46. The van der Waals surface area contributed by atoms with Gasteiger partial charge in [-0.15, -0.1) is 0 Å². The first kappa shape index (κ1) is 12.9. The van der Waals surface area contributed by atoms with Crippen LogP contribution in [-0.4, -0.2) is 20.6 Å². The number of carbonyl (C=O) groups is 1. The van der Waals surface area contributed by atoms with Crippen LogP contribution in [0.25, 0.3) is 11.0 Å². The van der Waals surface area contributed by atoms with Gasteiger partial charge in [0.25, 0.3) is 0 Å². The van der Waals surface area contributed by atoms with E-state index >= 15 is 0 Å². The molecule has 4 rings (SSSR count). The predicted octanol–water partition coefficient (Wildman–Crippen LogP) is 3.80. The Kier molecular flexibility index (Phi) is 2.98. The summed E-state index contributed by atoms with van der Waals surface area (Å²) >= 11 is 0. The Balaban J connectivity index is 1.75. The zero-order valence-electron chi connectivity index (χ0n) is 12.1. The van der Waals surface area contributed by atoms with Crippen molar-refractivity contribution in [3.05, 3.63) is 29.6 Å². The Morgan fingerprint density at radius 2 is 2.10 bits per heavy atom. The van der Waals surface area contributed by atoms with Crippen LogP contribution in [-0.2, 0) is 6.54 Å². The van der Waals surface area contributed by atoms with Crippen LogP contribution in [0, 0.1) is 5.92 Å². The van der Waals surface area contributed by atoms with E-state index in [4.69, 9.17) is 4.98 Å². The lowest BCUT2D eigenvalue weighted by Crippen LogP contribution is -2.07. The Hall–Kier alpha value is -1.84. The number of rotatable bonds is 6. The van der Waals surface area contributed by atoms with Gasteiger partial charge in [-0.05, 0) is 43.7 Å². The normalized spacial score (nSPS) is 18.3. The fourth-order valence-electron chi connectivity index (χ4n) is 3.20. The van der Waals surface area contributed by atoms with Gasteiger partial charge in [-0.1, -0.05) is 18.9 Å². The van der Waals surface area contributed by atoms with E-state index in [-0.39, 0.29) is 0 Å². The van der Waals surface area contributed by atoms with Crippen molar-refractivity contribution in [3.8, 4) is 0 Å². The summed E-state index contributed by atoms with van der Waals surface area (Å²) in [4.78, 5) is 16.2. The summed E-state index contributed by atoms with van der Waals surface area (Å²) in [6.45, 7) is 0.906. The highest BCUT2D eigenvalue weighted by Crippen LogP contribution is 2.41. The van der Waals surface area contributed by atoms with Gasteiger partial charge in [0.1, 0.15) is 5.82 Å². The number of aromatic nitrogens is 2. The van der Waals surface area contributed by atoms with Gasteiger partial charge in [-0.3, -0.25) is 0 Å². The molecule has 2 aliphatic rings. The number of fused-ring (bicyclic) bond motifs is 1. The molecule has 0 spiro atoms. The third-order valence-electron chi connectivity index (χ3n) is 4.66. The first-order valence-corrected chi connectivity index (χ1v) is 7.96. The molecule has 2 saturated carbocycles. The van der Waals surface area contributed by atoms with E-state index in [1.54, 1.807) is 12.1 Å². The zero-order chi connectivity index (χ0) is 14.4. The van der Waals surface area contributed by atoms with Crippen molar-refractivity contribution in [2.75, 3.05) is 0 Å². The Bertz CT molecular complexity index is 696. The van der Waals surface area contributed by atoms with Crippen LogP contribution in [0.3, 0.4) is 0 Å². The molecule has 4 nitrogen and oxygen atoms in total. The molecule has 0 bridgehead atoms. The monoisotopic (exact) mass is 284 g/mol. The number of aryl methyl sites for hydroxylation is 1. The van der Waals surface area contributed by atoms with Crippen LogP contribution < -0.4 is 0 Å². The number of imidazole rings is 1. The molecule has 21 heavy (non-hydrogen) atoms. The van der Waals surface area contributed by atoms with Crippen LogP contribution in [0.2, 0.25) is 0 Å². The maximum absolute atomic E-state index is 11.5. The Morgan fingerprint density at radius 3 is 2.76 bits per heavy atom. The fourth-order valence-corrected chi connectivity index (χ4v) is 3.20. The number of aromatic carboxylic acids is 1. The van der Waals surface area contributed by atoms with Crippen molar-refractivity contribution < 1.29 is 9.90 Å². The van der Waals surface area contributed by atoms with E-state index < -0.39 is 5.97 Å². The molecular weight excluding hydrogens is 264 g/mol. The number of nitrogens with zero attached hydrogens (tertiary/aromatic N) is 2. The van der Waals surface area contributed by atoms with E-state index in [0.29, 0.717) is 11.5 Å². The van der Waals surface area contributed by atoms with Gasteiger partial charge >= 0.3 is 5.97 Å². The SMILES string of the molecule is O=C(O)c1cccc2nc(C3CC3)n(CCCC3CC3)c12. The van der Waals surface area contributed by atoms with Crippen molar-refractivity contribution in [1.82, 2.24) is 9.55 Å². The van der Waals surface area contributed by atoms with Crippen molar-refractivity contribution in [2.24, 2.45) is 5.92 Å². The highest BCUT2D eigenvalue weighted by molar-refractivity contribution is 6.01. The molecule has 1 aromatic heterocycles. The molecule has 1 N–H and O–H groups in total. The highest BCUT2D eigenvalue weighted by atomic mass is 16.4. The summed E-state index contributed by atoms with van der Waals surface area (Å²) < 4.78 is 2.19. The predicted molar refractivity (Wildman–Crippen MR) is 80.6 cm³/mol. The highest BCUT2D eigenvalue weighted by Gasteiger charge is 2.31. The quantitative estimate of drug-likeness (QED) is 0.877. The summed E-state index contributed by atoms with van der Waals surface area (Å²) in [7, 11) is 0. The molecule has 2 aliphatic carbocycles. The Labute approximate surface area is 123 Å². The fraction of sp³-hybridized carbons (Fsp3) is 0.529. The van der Waals surface area contributed by atoms with Crippen LogP contribution in [0.15, 0.2) is 18.2 Å². The minimum Gasteiger partial charge on any atom is -0.478 e. The average molecular weight is 284 g/mol. The lowest BCUT2D eigenvalue weighted by Gasteiger charge is -2.10. The number of hydrogen-bond donors (Lipinski definition) is 1. The summed E-state index contributed by atoms with van der Waals surface area (Å²) in [5, 5.41) is 9.45. The van der Waals surface area contributed by atoms with E-state index in [0.717, 1.165) is 35.7 Å². The van der Waals surface area contributed by atoms with Crippen LogP contribution in [0.1, 0.15) is 60.6 Å². The molecule has 2 fully saturated rings. The second kappa shape index (κ2) is 4.86. The van der Waals surface area contributed by atoms with Gasteiger partial charge in [0, 0.05) is 12.5 Å². The van der Waals surface area contributed by atoms with Gasteiger partial charge in [0.15, 0.2) is 0 Å². The molecule has 1 aromatic carbocycles. The summed E-state index contributed by atoms with van der Waals surface area (Å²) in [5.41, 5.74) is 2.05. The number of benzene rings is 1. The van der Waals surface area contributed by atoms with Gasteiger partial charge in [-0.2, -0.15) is 0 Å². The molecule has 0 unspecified atom stereocenters. The van der Waals surface area contributed by atoms with E-state index in [1.165, 1.54) is 32.1 Å². The molecule has 2 aromatic rings. The molecule has 4 heteroatoms. The largest absolute Gasteiger partial charge is 0.478 e. The molecule has 0 radical (unpaired) electrons. The third kappa shape index (κ3) is 2.43. The van der Waals surface area contributed by atoms with Gasteiger partial charge < -0.3 is 9.67 Å². The lowest BCUT2D eigenvalue weighted by molar-refractivity contribution is 0.0698. The molecule has 0 amide bonds. The number of hydrogen-bond acceptors (Lipinski definition) is 2. The standard InChI is InChI=1S/C17H20N2O2/c20-17(21)13-4-1-5-14-15(13)19(10-2-3-11-6-7-11)16(18-14)12-8-9-12/h1,4-5,11-12H,2-3,6-10H2,(H,20,21). The van der Waals surface area contributed by atoms with Crippen LogP contribution in [0.4, 0.5) is 0 Å². The van der Waals surface area contributed by atoms with E-state index in [1.807, 2.05) is 6.07 Å². The second-order valence-electron chi connectivity index (χ2n) is 6.46. The molecule has 110 valence electrons. The van der Waals surface area contributed by atoms with E-state index in [9.17, 15) is 9.90 Å². The zero-order valence-corrected chi connectivity index (χ0v) is 12.1. The lowest BCUT2D eigenvalue weighted by atomic mass is 10.1. The van der Waals surface area contributed by atoms with E-state index in [2.05, 4.69) is 4.57 Å². The van der Waals surface area contributed by atoms with Crippen LogP contribution >= 0.6 is 0 Å². The van der Waals surface area contributed by atoms with Crippen molar-refractivity contribution in [3.63, 3.8) is 0 Å². The van der Waals surface area contributed by atoms with Crippen molar-refractivity contribution >= 4 is 17.0 Å². The number of carboxylic acids is 1. The topological polar surface area (TPSA) is 55.1 Å². The summed E-state index contributed by atoms with van der Waals surface area (Å²) in [6.07, 6.45) is 7.52. The number of para-hydroxylation sites is 1. The summed E-state index contributed by atoms with van der Waals surface area (Å²) in [6, 6.07) is 5.43. The smallest absolute Gasteiger partial charge is 0.337 e. The average Bonchev–Trinajstić information content (AvgIpc) is 3.37. The van der Waals surface area contributed by atoms with Gasteiger partial charge in [0.2, 0.25) is 0 Å². The van der Waals surface area contributed by atoms with Crippen LogP contribution in [0.5, 0.6) is 0 Å². The molecule has 0 atom stereocenters. The maximum atomic E-state index is 11.5. The van der Waals surface area contributed by atoms with Gasteiger partial charge in [0.05, 0.1) is 16.6 Å².